The SMILES string of the molecule is Cc1cccc(-c2cc(C(=O)N3CC(CC(C)C)NC(=O)C3C)no2)c1. The lowest BCUT2D eigenvalue weighted by molar-refractivity contribution is -0.128. The number of nitrogens with one attached hydrogen (secondary N) is 1. The van der Waals surface area contributed by atoms with Crippen molar-refractivity contribution in [2.75, 3.05) is 6.54 Å². The number of carbonyl (C=O) groups excluding carboxylic acids is 2. The maximum absolute atomic E-state index is 12.9. The second-order valence-corrected chi connectivity index (χ2v) is 7.41. The van der Waals surface area contributed by atoms with Gasteiger partial charge >= 0.3 is 0 Å². The van der Waals surface area contributed by atoms with Gasteiger partial charge in [-0.05, 0) is 32.3 Å². The lowest BCUT2D eigenvalue weighted by Crippen LogP contribution is -2.60. The largest absolute Gasteiger partial charge is 0.355 e. The highest BCUT2D eigenvalue weighted by Gasteiger charge is 2.36. The van der Waals surface area contributed by atoms with E-state index in [1.807, 2.05) is 31.2 Å². The number of aryl methyl sites for hydroxylation is 1. The van der Waals surface area contributed by atoms with E-state index in [-0.39, 0.29) is 23.6 Å². The van der Waals surface area contributed by atoms with E-state index in [4.69, 9.17) is 4.52 Å². The molecule has 1 aromatic carbocycles. The zero-order chi connectivity index (χ0) is 18.8. The number of amides is 2. The minimum atomic E-state index is -0.523. The van der Waals surface area contributed by atoms with Crippen molar-refractivity contribution in [3.05, 3.63) is 41.6 Å². The fourth-order valence-corrected chi connectivity index (χ4v) is 3.32. The summed E-state index contributed by atoms with van der Waals surface area (Å²) in [5.41, 5.74) is 2.20. The van der Waals surface area contributed by atoms with Crippen LogP contribution >= 0.6 is 0 Å². The third-order valence-electron chi connectivity index (χ3n) is 4.66. The Labute approximate surface area is 153 Å². The van der Waals surface area contributed by atoms with Gasteiger partial charge in [0.05, 0.1) is 0 Å². The second kappa shape index (κ2) is 7.32. The van der Waals surface area contributed by atoms with Crippen LogP contribution in [0.2, 0.25) is 0 Å². The van der Waals surface area contributed by atoms with E-state index in [2.05, 4.69) is 24.3 Å². The van der Waals surface area contributed by atoms with Crippen LogP contribution in [0.25, 0.3) is 11.3 Å². The Morgan fingerprint density at radius 2 is 2.15 bits per heavy atom. The first-order valence-corrected chi connectivity index (χ1v) is 9.00. The van der Waals surface area contributed by atoms with Crippen molar-refractivity contribution in [1.29, 1.82) is 0 Å². The van der Waals surface area contributed by atoms with Gasteiger partial charge in [0, 0.05) is 24.2 Å². The molecule has 6 heteroatoms. The van der Waals surface area contributed by atoms with Crippen LogP contribution in [0.5, 0.6) is 0 Å². The zero-order valence-corrected chi connectivity index (χ0v) is 15.7. The van der Waals surface area contributed by atoms with Crippen molar-refractivity contribution in [2.24, 2.45) is 5.92 Å². The van der Waals surface area contributed by atoms with Crippen molar-refractivity contribution in [1.82, 2.24) is 15.4 Å². The maximum Gasteiger partial charge on any atom is 0.276 e. The van der Waals surface area contributed by atoms with Gasteiger partial charge in [-0.25, -0.2) is 0 Å². The van der Waals surface area contributed by atoms with Gasteiger partial charge in [0.2, 0.25) is 5.91 Å². The van der Waals surface area contributed by atoms with Crippen LogP contribution in [-0.2, 0) is 4.79 Å². The smallest absolute Gasteiger partial charge is 0.276 e. The Hall–Kier alpha value is -2.63. The average molecular weight is 355 g/mol. The van der Waals surface area contributed by atoms with E-state index < -0.39 is 6.04 Å². The van der Waals surface area contributed by atoms with Crippen LogP contribution in [0.15, 0.2) is 34.9 Å². The number of hydrogen-bond acceptors (Lipinski definition) is 4. The van der Waals surface area contributed by atoms with Crippen LogP contribution in [0, 0.1) is 12.8 Å². The molecule has 0 aliphatic carbocycles. The fraction of sp³-hybridized carbons (Fsp3) is 0.450. The molecule has 3 rings (SSSR count). The molecule has 0 saturated carbocycles. The van der Waals surface area contributed by atoms with Gasteiger partial charge in [0.1, 0.15) is 6.04 Å². The molecule has 2 unspecified atom stereocenters. The zero-order valence-electron chi connectivity index (χ0n) is 15.7. The normalized spacial score (nSPS) is 20.3. The highest BCUT2D eigenvalue weighted by atomic mass is 16.5. The standard InChI is InChI=1S/C20H25N3O3/c1-12(2)8-16-11-23(14(4)19(24)21-16)20(25)17-10-18(26-22-17)15-7-5-6-13(3)9-15/h5-7,9-10,12,14,16H,8,11H2,1-4H3,(H,21,24). The summed E-state index contributed by atoms with van der Waals surface area (Å²) in [6.45, 7) is 8.41. The number of rotatable bonds is 4. The van der Waals surface area contributed by atoms with Gasteiger partial charge in [0.25, 0.3) is 5.91 Å². The monoisotopic (exact) mass is 355 g/mol. The Morgan fingerprint density at radius 3 is 2.85 bits per heavy atom. The van der Waals surface area contributed by atoms with Crippen LogP contribution in [0.3, 0.4) is 0 Å². The Kier molecular flexibility index (Phi) is 5.11. The number of piperazine rings is 1. The summed E-state index contributed by atoms with van der Waals surface area (Å²) >= 11 is 0. The van der Waals surface area contributed by atoms with Gasteiger partial charge < -0.3 is 14.7 Å². The van der Waals surface area contributed by atoms with Gasteiger partial charge in [-0.3, -0.25) is 9.59 Å². The number of nitrogens with zero attached hydrogens (tertiary/aromatic N) is 2. The third kappa shape index (κ3) is 3.79. The highest BCUT2D eigenvalue weighted by molar-refractivity contribution is 5.97. The van der Waals surface area contributed by atoms with Gasteiger partial charge in [-0.15, -0.1) is 0 Å². The summed E-state index contributed by atoms with van der Waals surface area (Å²) in [5.74, 6) is 0.580. The molecule has 1 aliphatic heterocycles. The molecule has 2 amide bonds. The number of benzene rings is 1. The summed E-state index contributed by atoms with van der Waals surface area (Å²) < 4.78 is 5.37. The molecule has 0 radical (unpaired) electrons. The van der Waals surface area contributed by atoms with Crippen LogP contribution < -0.4 is 5.32 Å². The second-order valence-electron chi connectivity index (χ2n) is 7.41. The molecule has 0 spiro atoms. The van der Waals surface area contributed by atoms with Gasteiger partial charge in [-0.1, -0.05) is 42.8 Å². The van der Waals surface area contributed by atoms with E-state index in [0.717, 1.165) is 17.5 Å². The lowest BCUT2D eigenvalue weighted by atomic mass is 9.99. The maximum atomic E-state index is 12.9. The van der Waals surface area contributed by atoms with Gasteiger partial charge in [-0.2, -0.15) is 0 Å². The molecule has 1 aliphatic rings. The number of carbonyl (C=O) groups is 2. The van der Waals surface area contributed by atoms with Crippen molar-refractivity contribution < 1.29 is 14.1 Å². The van der Waals surface area contributed by atoms with Gasteiger partial charge in [0.15, 0.2) is 11.5 Å². The van der Waals surface area contributed by atoms with E-state index >= 15 is 0 Å². The summed E-state index contributed by atoms with van der Waals surface area (Å²) in [6, 6.07) is 8.91. The minimum Gasteiger partial charge on any atom is -0.355 e. The first kappa shape index (κ1) is 18.2. The molecule has 138 valence electrons. The number of aromatic nitrogens is 1. The summed E-state index contributed by atoms with van der Waals surface area (Å²) in [6.07, 6.45) is 0.829. The fourth-order valence-electron chi connectivity index (χ4n) is 3.32. The predicted octanol–water partition coefficient (Wildman–Crippen LogP) is 3.03. The number of hydrogen-bond donors (Lipinski definition) is 1. The molecule has 0 bridgehead atoms. The van der Waals surface area contributed by atoms with Crippen LogP contribution in [0.4, 0.5) is 0 Å². The Morgan fingerprint density at radius 1 is 1.38 bits per heavy atom. The van der Waals surface area contributed by atoms with Crippen molar-refractivity contribution >= 4 is 11.8 Å². The topological polar surface area (TPSA) is 75.4 Å². The Balaban J connectivity index is 1.80. The lowest BCUT2D eigenvalue weighted by Gasteiger charge is -2.38. The molecular weight excluding hydrogens is 330 g/mol. The van der Waals surface area contributed by atoms with E-state index in [0.29, 0.717) is 18.2 Å². The van der Waals surface area contributed by atoms with E-state index in [9.17, 15) is 9.59 Å². The van der Waals surface area contributed by atoms with E-state index in [1.165, 1.54) is 0 Å². The summed E-state index contributed by atoms with van der Waals surface area (Å²) in [5, 5.41) is 6.94. The molecule has 1 aromatic heterocycles. The first-order chi connectivity index (χ1) is 12.3. The summed E-state index contributed by atoms with van der Waals surface area (Å²) in [4.78, 5) is 26.8. The summed E-state index contributed by atoms with van der Waals surface area (Å²) in [7, 11) is 0. The Bertz CT molecular complexity index is 812. The highest BCUT2D eigenvalue weighted by Crippen LogP contribution is 2.23. The van der Waals surface area contributed by atoms with Crippen molar-refractivity contribution in [3.8, 4) is 11.3 Å². The molecule has 1 saturated heterocycles. The molecule has 1 N–H and O–H groups in total. The molecule has 6 nitrogen and oxygen atoms in total. The predicted molar refractivity (Wildman–Crippen MR) is 98.6 cm³/mol. The van der Waals surface area contributed by atoms with E-state index in [1.54, 1.807) is 17.9 Å². The van der Waals surface area contributed by atoms with Crippen LogP contribution in [-0.4, -0.2) is 40.5 Å². The average Bonchev–Trinajstić information content (AvgIpc) is 3.07. The molecule has 2 heterocycles. The molecule has 1 fully saturated rings. The molecule has 2 atom stereocenters. The quantitative estimate of drug-likeness (QED) is 0.915. The van der Waals surface area contributed by atoms with Crippen molar-refractivity contribution in [2.45, 2.75) is 46.2 Å². The third-order valence-corrected chi connectivity index (χ3v) is 4.66. The molecular formula is C20H25N3O3. The first-order valence-electron chi connectivity index (χ1n) is 9.00. The minimum absolute atomic E-state index is 0.0363. The molecule has 26 heavy (non-hydrogen) atoms. The molecule has 2 aromatic rings. The van der Waals surface area contributed by atoms with Crippen molar-refractivity contribution in [3.63, 3.8) is 0 Å². The van der Waals surface area contributed by atoms with Crippen LogP contribution in [0.1, 0.15) is 43.2 Å².